The number of unbranched alkanes of at least 4 members (excludes halogenated alkanes) is 15. The van der Waals surface area contributed by atoms with Crippen molar-refractivity contribution in [1.82, 2.24) is 0 Å². The van der Waals surface area contributed by atoms with Gasteiger partial charge in [-0.3, -0.25) is 9.59 Å². The normalized spacial score (nSPS) is 12.8. The van der Waals surface area contributed by atoms with E-state index in [1.54, 1.807) is 0 Å². The summed E-state index contributed by atoms with van der Waals surface area (Å²) in [4.78, 5) is 24.2. The summed E-state index contributed by atoms with van der Waals surface area (Å²) in [6, 6.07) is 0. The minimum atomic E-state index is -0.784. The molecular weight excluding hydrogens is 572 g/mol. The lowest BCUT2D eigenvalue weighted by molar-refractivity contribution is -0.161. The maximum atomic E-state index is 12.1. The highest BCUT2D eigenvalue weighted by Gasteiger charge is 2.16. The van der Waals surface area contributed by atoms with Gasteiger partial charge in [-0.15, -0.1) is 0 Å². The van der Waals surface area contributed by atoms with Gasteiger partial charge in [0.15, 0.2) is 6.10 Å². The van der Waals surface area contributed by atoms with Crippen LogP contribution in [0.4, 0.5) is 0 Å². The van der Waals surface area contributed by atoms with Crippen LogP contribution in [0.15, 0.2) is 60.8 Å². The van der Waals surface area contributed by atoms with Crippen LogP contribution >= 0.6 is 0 Å². The Morgan fingerprint density at radius 1 is 0.522 bits per heavy atom. The van der Waals surface area contributed by atoms with Crippen molar-refractivity contribution in [2.75, 3.05) is 13.2 Å². The Bertz CT molecular complexity index is 823. The molecule has 264 valence electrons. The van der Waals surface area contributed by atoms with Crippen LogP contribution in [0.5, 0.6) is 0 Å². The van der Waals surface area contributed by atoms with Gasteiger partial charge in [-0.2, -0.15) is 0 Å². The van der Waals surface area contributed by atoms with Gasteiger partial charge in [0.25, 0.3) is 0 Å². The van der Waals surface area contributed by atoms with Crippen LogP contribution in [-0.2, 0) is 19.1 Å². The lowest BCUT2D eigenvalue weighted by atomic mass is 10.1. The van der Waals surface area contributed by atoms with Crippen molar-refractivity contribution in [2.45, 2.75) is 174 Å². The summed E-state index contributed by atoms with van der Waals surface area (Å²) >= 11 is 0. The fraction of sp³-hybridized carbons (Fsp3) is 0.707. The molecule has 1 N–H and O–H groups in total. The molecule has 5 nitrogen and oxygen atoms in total. The third kappa shape index (κ3) is 34.5. The summed E-state index contributed by atoms with van der Waals surface area (Å²) in [5.41, 5.74) is 0. The number of aliphatic hydroxyl groups is 1. The van der Waals surface area contributed by atoms with Gasteiger partial charge in [-0.05, 0) is 77.0 Å². The van der Waals surface area contributed by atoms with Crippen molar-refractivity contribution in [3.05, 3.63) is 60.8 Å². The number of carbonyl (C=O) groups is 2. The standard InChI is InChI=1S/C41H70O5/c1-3-5-7-9-11-13-15-17-19-20-22-23-25-27-29-31-33-35-40(43)45-38-39(37-42)46-41(44)36-34-32-30-28-26-24-21-18-16-14-12-10-8-6-4-2/h6,8,11-14,17-19,21,39,42H,3-5,7,9-10,15-16,20,22-38H2,1-2H3/b8-6-,13-11-,14-12-,19-17-,21-18-. The molecule has 0 aliphatic carbocycles. The summed E-state index contributed by atoms with van der Waals surface area (Å²) in [7, 11) is 0. The molecule has 46 heavy (non-hydrogen) atoms. The van der Waals surface area contributed by atoms with E-state index in [0.717, 1.165) is 89.9 Å². The smallest absolute Gasteiger partial charge is 0.306 e. The molecule has 0 saturated heterocycles. The van der Waals surface area contributed by atoms with Crippen molar-refractivity contribution in [1.29, 1.82) is 0 Å². The van der Waals surface area contributed by atoms with Crippen molar-refractivity contribution in [2.24, 2.45) is 0 Å². The first-order chi connectivity index (χ1) is 22.6. The van der Waals surface area contributed by atoms with Gasteiger partial charge in [-0.1, -0.05) is 139 Å². The molecule has 0 radical (unpaired) electrons. The largest absolute Gasteiger partial charge is 0.462 e. The molecule has 0 bridgehead atoms. The van der Waals surface area contributed by atoms with E-state index in [1.807, 2.05) is 0 Å². The van der Waals surface area contributed by atoms with Crippen LogP contribution in [-0.4, -0.2) is 36.4 Å². The molecule has 0 saturated carbocycles. The maximum Gasteiger partial charge on any atom is 0.306 e. The van der Waals surface area contributed by atoms with Crippen molar-refractivity contribution < 1.29 is 24.2 Å². The molecule has 1 atom stereocenters. The number of carbonyl (C=O) groups excluding carboxylic acids is 2. The zero-order chi connectivity index (χ0) is 33.6. The zero-order valence-corrected chi connectivity index (χ0v) is 29.8. The number of allylic oxidation sites excluding steroid dienone is 10. The van der Waals surface area contributed by atoms with E-state index in [9.17, 15) is 14.7 Å². The highest BCUT2D eigenvalue weighted by atomic mass is 16.6. The maximum absolute atomic E-state index is 12.1. The Balaban J connectivity index is 3.62. The van der Waals surface area contributed by atoms with E-state index in [0.29, 0.717) is 12.8 Å². The monoisotopic (exact) mass is 643 g/mol. The SMILES string of the molecule is CC/C=C\C/C=C\C/C=C\CCCCCCCC(=O)OC(CO)COC(=O)CCCCCCCCC/C=C\C/C=C\CCCCC. The highest BCUT2D eigenvalue weighted by molar-refractivity contribution is 5.70. The topological polar surface area (TPSA) is 72.8 Å². The Morgan fingerprint density at radius 2 is 0.935 bits per heavy atom. The molecule has 5 heteroatoms. The molecule has 0 rings (SSSR count). The number of esters is 2. The lowest BCUT2D eigenvalue weighted by Gasteiger charge is -2.15. The van der Waals surface area contributed by atoms with E-state index in [2.05, 4.69) is 74.6 Å². The fourth-order valence-corrected chi connectivity index (χ4v) is 4.95. The second kappa shape index (κ2) is 37.1. The lowest BCUT2D eigenvalue weighted by Crippen LogP contribution is -2.28. The zero-order valence-electron chi connectivity index (χ0n) is 29.8. The molecule has 1 unspecified atom stereocenters. The molecule has 0 aromatic heterocycles. The third-order valence-corrected chi connectivity index (χ3v) is 7.80. The van der Waals surface area contributed by atoms with E-state index < -0.39 is 6.10 Å². The van der Waals surface area contributed by atoms with Gasteiger partial charge in [-0.25, -0.2) is 0 Å². The first kappa shape index (κ1) is 43.6. The first-order valence-corrected chi connectivity index (χ1v) is 18.8. The predicted octanol–water partition coefficient (Wildman–Crippen LogP) is 11.6. The van der Waals surface area contributed by atoms with Crippen LogP contribution in [0, 0.1) is 0 Å². The Morgan fingerprint density at radius 3 is 1.41 bits per heavy atom. The van der Waals surface area contributed by atoms with Crippen LogP contribution in [0.2, 0.25) is 0 Å². The van der Waals surface area contributed by atoms with Gasteiger partial charge in [0.2, 0.25) is 0 Å². The number of hydrogen-bond donors (Lipinski definition) is 1. The van der Waals surface area contributed by atoms with E-state index in [4.69, 9.17) is 9.47 Å². The van der Waals surface area contributed by atoms with Crippen molar-refractivity contribution in [3.8, 4) is 0 Å². The molecule has 0 aromatic carbocycles. The third-order valence-electron chi connectivity index (χ3n) is 7.80. The highest BCUT2D eigenvalue weighted by Crippen LogP contribution is 2.12. The number of rotatable bonds is 33. The van der Waals surface area contributed by atoms with Crippen LogP contribution < -0.4 is 0 Å². The van der Waals surface area contributed by atoms with Crippen LogP contribution in [0.3, 0.4) is 0 Å². The average molecular weight is 643 g/mol. The molecule has 0 fully saturated rings. The minimum absolute atomic E-state index is 0.0794. The predicted molar refractivity (Wildman–Crippen MR) is 196 cm³/mol. The minimum Gasteiger partial charge on any atom is -0.462 e. The quantitative estimate of drug-likeness (QED) is 0.0438. The van der Waals surface area contributed by atoms with Crippen LogP contribution in [0.25, 0.3) is 0 Å². The first-order valence-electron chi connectivity index (χ1n) is 18.8. The van der Waals surface area contributed by atoms with Gasteiger partial charge in [0.05, 0.1) is 6.61 Å². The van der Waals surface area contributed by atoms with Crippen molar-refractivity contribution >= 4 is 11.9 Å². The van der Waals surface area contributed by atoms with E-state index in [1.165, 1.54) is 51.4 Å². The summed E-state index contributed by atoms with van der Waals surface area (Å²) in [6.07, 6.45) is 47.0. The summed E-state index contributed by atoms with van der Waals surface area (Å²) in [5.74, 6) is -0.624. The van der Waals surface area contributed by atoms with Gasteiger partial charge in [0, 0.05) is 12.8 Å². The molecule has 0 heterocycles. The number of ether oxygens (including phenoxy) is 2. The molecular formula is C41H70O5. The fourth-order valence-electron chi connectivity index (χ4n) is 4.95. The molecule has 0 spiro atoms. The van der Waals surface area contributed by atoms with Gasteiger partial charge in [0.1, 0.15) is 6.61 Å². The summed E-state index contributed by atoms with van der Waals surface area (Å²) < 4.78 is 10.6. The Hall–Kier alpha value is -2.40. The van der Waals surface area contributed by atoms with E-state index in [-0.39, 0.29) is 25.2 Å². The molecule has 0 aromatic rings. The summed E-state index contributed by atoms with van der Waals surface area (Å²) in [5, 5.41) is 9.54. The molecule has 0 aliphatic heterocycles. The molecule has 0 amide bonds. The Labute approximate surface area is 283 Å². The number of hydrogen-bond acceptors (Lipinski definition) is 5. The van der Waals surface area contributed by atoms with Crippen molar-refractivity contribution in [3.63, 3.8) is 0 Å². The van der Waals surface area contributed by atoms with Crippen LogP contribution in [0.1, 0.15) is 168 Å². The van der Waals surface area contributed by atoms with E-state index >= 15 is 0 Å². The van der Waals surface area contributed by atoms with Gasteiger partial charge >= 0.3 is 11.9 Å². The Kier molecular flexibility index (Phi) is 35.1. The molecule has 0 aliphatic rings. The summed E-state index contributed by atoms with van der Waals surface area (Å²) in [6.45, 7) is 3.96. The van der Waals surface area contributed by atoms with Gasteiger partial charge < -0.3 is 14.6 Å². The second-order valence-electron chi connectivity index (χ2n) is 12.3. The second-order valence-corrected chi connectivity index (χ2v) is 12.3. The average Bonchev–Trinajstić information content (AvgIpc) is 3.06. The number of aliphatic hydroxyl groups excluding tert-OH is 1.